The standard InChI is InChI=1S/C24H21ClFN3O7/c25-11-5-6-16-14(7-11)18(13-3-1-2-4-15(13)26)28-9-12-8-27-17(29(12)16)10-35-24-21(32)19(30)20(31)22(36-24)23(33)34/h1-8,19-22,24,30-32H,9-10H2,(H,33,34)/t19-,20-,21+,22-,24+/m0/s1/i8D,9D2,10D2. The summed E-state index contributed by atoms with van der Waals surface area (Å²) in [5, 5.41) is 39.9. The fraction of sp³-hybridized carbons (Fsp3) is 0.292. The van der Waals surface area contributed by atoms with Gasteiger partial charge >= 0.3 is 5.97 Å². The number of ether oxygens (including phenoxy) is 2. The van der Waals surface area contributed by atoms with E-state index in [1.165, 1.54) is 36.4 Å². The van der Waals surface area contributed by atoms with Gasteiger partial charge in [-0.1, -0.05) is 23.7 Å². The van der Waals surface area contributed by atoms with Gasteiger partial charge in [-0.3, -0.25) is 9.56 Å². The lowest BCUT2D eigenvalue weighted by Gasteiger charge is -2.38. The summed E-state index contributed by atoms with van der Waals surface area (Å²) in [7, 11) is 0. The molecule has 2 aromatic carbocycles. The summed E-state index contributed by atoms with van der Waals surface area (Å²) in [6, 6.07) is 9.52. The van der Waals surface area contributed by atoms with Crippen LogP contribution in [0.2, 0.25) is 5.02 Å². The molecule has 1 saturated heterocycles. The van der Waals surface area contributed by atoms with Crippen LogP contribution in [0, 0.1) is 5.82 Å². The summed E-state index contributed by atoms with van der Waals surface area (Å²) in [5.74, 6) is -3.21. The highest BCUT2D eigenvalue weighted by atomic mass is 35.5. The van der Waals surface area contributed by atoms with E-state index in [4.69, 9.17) is 27.9 Å². The number of carboxylic acid groups (broad SMARTS) is 1. The number of hydrogen-bond acceptors (Lipinski definition) is 8. The minimum absolute atomic E-state index is 0.00904. The summed E-state index contributed by atoms with van der Waals surface area (Å²) >= 11 is 6.23. The van der Waals surface area contributed by atoms with Gasteiger partial charge in [0.2, 0.25) is 0 Å². The number of hydrogen-bond donors (Lipinski definition) is 4. The second-order valence-electron chi connectivity index (χ2n) is 7.90. The van der Waals surface area contributed by atoms with Crippen LogP contribution in [0.1, 0.15) is 29.5 Å². The van der Waals surface area contributed by atoms with Crippen molar-refractivity contribution in [2.75, 3.05) is 0 Å². The lowest BCUT2D eigenvalue weighted by molar-refractivity contribution is -0.297. The third-order valence-corrected chi connectivity index (χ3v) is 5.87. The predicted octanol–water partition coefficient (Wildman–Crippen LogP) is 1.42. The molecule has 1 fully saturated rings. The maximum absolute atomic E-state index is 14.9. The molecular weight excluding hydrogens is 497 g/mol. The fourth-order valence-electron chi connectivity index (χ4n) is 3.87. The number of rotatable bonds is 5. The number of imidazole rings is 1. The molecular formula is C24H21ClFN3O7. The van der Waals surface area contributed by atoms with Crippen molar-refractivity contribution in [3.63, 3.8) is 0 Å². The molecule has 3 heterocycles. The molecule has 36 heavy (non-hydrogen) atoms. The Balaban J connectivity index is 1.68. The Hall–Kier alpha value is -3.19. The quantitative estimate of drug-likeness (QED) is 0.393. The third kappa shape index (κ3) is 4.30. The molecule has 0 saturated carbocycles. The Morgan fingerprint density at radius 1 is 1.25 bits per heavy atom. The fourth-order valence-corrected chi connectivity index (χ4v) is 4.04. The molecule has 5 rings (SSSR count). The van der Waals surface area contributed by atoms with Crippen LogP contribution in [-0.2, 0) is 27.3 Å². The first-order valence-electron chi connectivity index (χ1n) is 13.0. The molecule has 188 valence electrons. The molecule has 4 N–H and O–H groups in total. The Kier molecular flexibility index (Phi) is 5.11. The smallest absolute Gasteiger partial charge is 0.335 e. The van der Waals surface area contributed by atoms with Crippen LogP contribution in [0.15, 0.2) is 53.6 Å². The molecule has 0 bridgehead atoms. The SMILES string of the molecule is [2H]c1nc(C([2H])([2H])O[C@@H]2O[C@H](C(=O)O)[C@@H](O)[C@H](O)[C@H]2O)n2c1C([2H])([2H])N=C(c1ccccc1F)c1cc(Cl)ccc1-2. The molecule has 0 spiro atoms. The van der Waals surface area contributed by atoms with Gasteiger partial charge in [-0.05, 0) is 30.3 Å². The maximum atomic E-state index is 14.9. The molecule has 2 aliphatic rings. The number of aliphatic imine (C=N–C) groups is 1. The van der Waals surface area contributed by atoms with Gasteiger partial charge in [0.05, 0.1) is 36.6 Å². The normalized spacial score (nSPS) is 29.3. The van der Waals surface area contributed by atoms with Crippen LogP contribution in [-0.4, -0.2) is 72.4 Å². The van der Waals surface area contributed by atoms with Crippen molar-refractivity contribution in [2.45, 2.75) is 43.8 Å². The number of aliphatic hydroxyl groups excluding tert-OH is 3. The second kappa shape index (κ2) is 9.69. The highest BCUT2D eigenvalue weighted by molar-refractivity contribution is 6.31. The van der Waals surface area contributed by atoms with Gasteiger partial charge < -0.3 is 29.9 Å². The van der Waals surface area contributed by atoms with Crippen LogP contribution in [0.5, 0.6) is 0 Å². The maximum Gasteiger partial charge on any atom is 0.335 e. The number of benzene rings is 2. The summed E-state index contributed by atoms with van der Waals surface area (Å²) in [5.41, 5.74) is -0.798. The monoisotopic (exact) mass is 522 g/mol. The number of aromatic nitrogens is 2. The zero-order valence-electron chi connectivity index (χ0n) is 23.0. The first kappa shape index (κ1) is 19.0. The number of aliphatic hydroxyl groups is 3. The van der Waals surface area contributed by atoms with Crippen LogP contribution in [0.4, 0.5) is 4.39 Å². The molecule has 5 atom stereocenters. The van der Waals surface area contributed by atoms with Crippen molar-refractivity contribution in [1.29, 1.82) is 0 Å². The van der Waals surface area contributed by atoms with Gasteiger partial charge in [0, 0.05) is 16.1 Å². The molecule has 0 radical (unpaired) electrons. The van der Waals surface area contributed by atoms with Crippen LogP contribution in [0.3, 0.4) is 0 Å². The van der Waals surface area contributed by atoms with E-state index >= 15 is 0 Å². The number of nitrogens with zero attached hydrogens (tertiary/aromatic N) is 3. The Labute approximate surface area is 215 Å². The van der Waals surface area contributed by atoms with Gasteiger partial charge in [0.1, 0.15) is 36.5 Å². The zero-order valence-corrected chi connectivity index (χ0v) is 18.8. The van der Waals surface area contributed by atoms with E-state index in [-0.39, 0.29) is 27.5 Å². The van der Waals surface area contributed by atoms with Crippen molar-refractivity contribution < 1.29 is 45.9 Å². The van der Waals surface area contributed by atoms with Crippen LogP contribution >= 0.6 is 11.6 Å². The molecule has 12 heteroatoms. The van der Waals surface area contributed by atoms with E-state index in [2.05, 4.69) is 9.98 Å². The summed E-state index contributed by atoms with van der Waals surface area (Å²) in [6.45, 7) is -5.93. The van der Waals surface area contributed by atoms with Gasteiger partial charge in [0.25, 0.3) is 0 Å². The van der Waals surface area contributed by atoms with Crippen molar-refractivity contribution in [3.8, 4) is 5.69 Å². The van der Waals surface area contributed by atoms with Crippen molar-refractivity contribution in [1.82, 2.24) is 9.55 Å². The van der Waals surface area contributed by atoms with E-state index in [0.29, 0.717) is 0 Å². The highest BCUT2D eigenvalue weighted by Gasteiger charge is 2.47. The topological polar surface area (TPSA) is 147 Å². The number of carboxylic acids is 1. The molecule has 0 amide bonds. The van der Waals surface area contributed by atoms with Crippen molar-refractivity contribution >= 4 is 23.3 Å². The average molecular weight is 523 g/mol. The predicted molar refractivity (Wildman–Crippen MR) is 123 cm³/mol. The Morgan fingerprint density at radius 2 is 2.03 bits per heavy atom. The van der Waals surface area contributed by atoms with E-state index in [1.54, 1.807) is 0 Å². The third-order valence-electron chi connectivity index (χ3n) is 5.64. The molecule has 3 aromatic rings. The molecule has 0 unspecified atom stereocenters. The second-order valence-corrected chi connectivity index (χ2v) is 8.34. The molecule has 10 nitrogen and oxygen atoms in total. The summed E-state index contributed by atoms with van der Waals surface area (Å²) in [4.78, 5) is 19.5. The Bertz CT molecular complexity index is 1570. The lowest BCUT2D eigenvalue weighted by Crippen LogP contribution is -2.60. The number of aliphatic carboxylic acids is 1. The number of halogens is 2. The van der Waals surface area contributed by atoms with Gasteiger partial charge in [-0.2, -0.15) is 0 Å². The van der Waals surface area contributed by atoms with Gasteiger partial charge in [-0.15, -0.1) is 0 Å². The minimum Gasteiger partial charge on any atom is -0.479 e. The van der Waals surface area contributed by atoms with E-state index in [1.807, 2.05) is 0 Å². The average Bonchev–Trinajstić information content (AvgIpc) is 3.22. The summed E-state index contributed by atoms with van der Waals surface area (Å²) in [6.07, 6.45) is -11.3. The van der Waals surface area contributed by atoms with Gasteiger partial charge in [-0.25, -0.2) is 14.2 Å². The minimum atomic E-state index is -3.15. The van der Waals surface area contributed by atoms with Crippen LogP contribution in [0.25, 0.3) is 5.69 Å². The van der Waals surface area contributed by atoms with E-state index in [0.717, 1.165) is 10.6 Å². The molecule has 2 aliphatic heterocycles. The molecule has 1 aromatic heterocycles. The van der Waals surface area contributed by atoms with Crippen LogP contribution < -0.4 is 0 Å². The summed E-state index contributed by atoms with van der Waals surface area (Å²) < 4.78 is 69.1. The van der Waals surface area contributed by atoms with Crippen molar-refractivity contribution in [3.05, 3.63) is 82.1 Å². The Morgan fingerprint density at radius 3 is 2.78 bits per heavy atom. The largest absolute Gasteiger partial charge is 0.479 e. The number of fused-ring (bicyclic) bond motifs is 3. The van der Waals surface area contributed by atoms with Crippen molar-refractivity contribution in [2.24, 2.45) is 4.99 Å². The first-order chi connectivity index (χ1) is 19.1. The number of carbonyl (C=O) groups is 1. The van der Waals surface area contributed by atoms with Gasteiger partial charge in [0.15, 0.2) is 12.4 Å². The highest BCUT2D eigenvalue weighted by Crippen LogP contribution is 2.30. The zero-order chi connectivity index (χ0) is 30.0. The molecule has 0 aliphatic carbocycles. The van der Waals surface area contributed by atoms with E-state index in [9.17, 15) is 29.6 Å². The van der Waals surface area contributed by atoms with E-state index < -0.39 is 73.2 Å². The lowest BCUT2D eigenvalue weighted by atomic mass is 9.99. The first-order valence-corrected chi connectivity index (χ1v) is 10.9.